The molecule has 2 aromatic rings. The molecular formula is C13H12ClNO2. The number of methoxy groups -OCH3 is 1. The third-order valence-electron chi connectivity index (χ3n) is 2.22. The van der Waals surface area contributed by atoms with Crippen LogP contribution in [0.3, 0.4) is 0 Å². The monoisotopic (exact) mass is 249 g/mol. The molecule has 0 saturated carbocycles. The number of aromatic nitrogens is 1. The zero-order chi connectivity index (χ0) is 12.1. The molecule has 0 atom stereocenters. The Labute approximate surface area is 105 Å². The van der Waals surface area contributed by atoms with Gasteiger partial charge in [0.15, 0.2) is 0 Å². The van der Waals surface area contributed by atoms with Crippen LogP contribution in [0.2, 0.25) is 0 Å². The standard InChI is InChI=1S/C13H12ClNO2/c1-16-11-3-2-4-12(7-11)17-13-6-5-10(8-14)9-15-13/h2-7,9H,8H2,1H3. The minimum atomic E-state index is 0.451. The molecule has 88 valence electrons. The van der Waals surface area contributed by atoms with Gasteiger partial charge in [0.1, 0.15) is 11.5 Å². The fraction of sp³-hybridized carbons (Fsp3) is 0.154. The van der Waals surface area contributed by atoms with Gasteiger partial charge in [-0.05, 0) is 17.7 Å². The second-order valence-corrected chi connectivity index (χ2v) is 3.69. The van der Waals surface area contributed by atoms with E-state index in [1.165, 1.54) is 0 Å². The third kappa shape index (κ3) is 3.11. The summed E-state index contributed by atoms with van der Waals surface area (Å²) < 4.78 is 10.7. The van der Waals surface area contributed by atoms with Crippen molar-refractivity contribution >= 4 is 11.6 Å². The van der Waals surface area contributed by atoms with E-state index in [1.807, 2.05) is 24.3 Å². The van der Waals surface area contributed by atoms with E-state index >= 15 is 0 Å². The summed E-state index contributed by atoms with van der Waals surface area (Å²) in [6.45, 7) is 0. The van der Waals surface area contributed by atoms with Crippen molar-refractivity contribution in [2.24, 2.45) is 0 Å². The molecule has 0 amide bonds. The number of nitrogens with zero attached hydrogens (tertiary/aromatic N) is 1. The number of ether oxygens (including phenoxy) is 2. The molecule has 0 aliphatic rings. The molecule has 0 saturated heterocycles. The van der Waals surface area contributed by atoms with Gasteiger partial charge in [-0.15, -0.1) is 11.6 Å². The maximum absolute atomic E-state index is 5.68. The Balaban J connectivity index is 2.13. The van der Waals surface area contributed by atoms with Crippen molar-refractivity contribution in [3.05, 3.63) is 48.2 Å². The van der Waals surface area contributed by atoms with Gasteiger partial charge in [-0.1, -0.05) is 12.1 Å². The van der Waals surface area contributed by atoms with E-state index in [2.05, 4.69) is 4.98 Å². The lowest BCUT2D eigenvalue weighted by Crippen LogP contribution is -1.89. The Kier molecular flexibility index (Phi) is 3.83. The van der Waals surface area contributed by atoms with Crippen molar-refractivity contribution in [3.63, 3.8) is 0 Å². The molecule has 0 radical (unpaired) electrons. The first-order valence-electron chi connectivity index (χ1n) is 5.14. The Morgan fingerprint density at radius 2 is 2.00 bits per heavy atom. The normalized spacial score (nSPS) is 10.0. The zero-order valence-corrected chi connectivity index (χ0v) is 10.1. The van der Waals surface area contributed by atoms with Gasteiger partial charge in [-0.25, -0.2) is 4.98 Å². The van der Waals surface area contributed by atoms with Crippen molar-refractivity contribution in [3.8, 4) is 17.4 Å². The number of rotatable bonds is 4. The maximum atomic E-state index is 5.68. The molecule has 0 bridgehead atoms. The average molecular weight is 250 g/mol. The van der Waals surface area contributed by atoms with Gasteiger partial charge in [0.05, 0.1) is 7.11 Å². The quantitative estimate of drug-likeness (QED) is 0.776. The molecule has 1 heterocycles. The molecule has 0 aliphatic heterocycles. The second kappa shape index (κ2) is 5.55. The van der Waals surface area contributed by atoms with Crippen LogP contribution in [0.5, 0.6) is 17.4 Å². The minimum Gasteiger partial charge on any atom is -0.497 e. The fourth-order valence-electron chi connectivity index (χ4n) is 1.34. The van der Waals surface area contributed by atoms with E-state index in [0.29, 0.717) is 17.5 Å². The van der Waals surface area contributed by atoms with Crippen LogP contribution in [0.15, 0.2) is 42.6 Å². The van der Waals surface area contributed by atoms with Crippen LogP contribution < -0.4 is 9.47 Å². The fourth-order valence-corrected chi connectivity index (χ4v) is 1.49. The van der Waals surface area contributed by atoms with Gasteiger partial charge in [-0.3, -0.25) is 0 Å². The Morgan fingerprint density at radius 1 is 1.18 bits per heavy atom. The highest BCUT2D eigenvalue weighted by Gasteiger charge is 2.00. The lowest BCUT2D eigenvalue weighted by atomic mass is 10.3. The number of alkyl halides is 1. The molecule has 4 heteroatoms. The highest BCUT2D eigenvalue weighted by Crippen LogP contribution is 2.23. The predicted molar refractivity (Wildman–Crippen MR) is 66.9 cm³/mol. The summed E-state index contributed by atoms with van der Waals surface area (Å²) in [7, 11) is 1.62. The van der Waals surface area contributed by atoms with Crippen LogP contribution in [0.4, 0.5) is 0 Å². The highest BCUT2D eigenvalue weighted by atomic mass is 35.5. The summed E-state index contributed by atoms with van der Waals surface area (Å²) >= 11 is 5.68. The van der Waals surface area contributed by atoms with Gasteiger partial charge in [0, 0.05) is 24.2 Å². The number of hydrogen-bond donors (Lipinski definition) is 0. The predicted octanol–water partition coefficient (Wildman–Crippen LogP) is 3.62. The smallest absolute Gasteiger partial charge is 0.219 e. The van der Waals surface area contributed by atoms with E-state index in [1.54, 1.807) is 25.4 Å². The van der Waals surface area contributed by atoms with Crippen molar-refractivity contribution in [2.45, 2.75) is 5.88 Å². The highest BCUT2D eigenvalue weighted by molar-refractivity contribution is 6.17. The van der Waals surface area contributed by atoms with Crippen molar-refractivity contribution < 1.29 is 9.47 Å². The number of halogens is 1. The van der Waals surface area contributed by atoms with Gasteiger partial charge in [-0.2, -0.15) is 0 Å². The maximum Gasteiger partial charge on any atom is 0.219 e. The second-order valence-electron chi connectivity index (χ2n) is 3.42. The topological polar surface area (TPSA) is 31.4 Å². The molecule has 0 aliphatic carbocycles. The van der Waals surface area contributed by atoms with Gasteiger partial charge in [0.25, 0.3) is 0 Å². The van der Waals surface area contributed by atoms with Crippen LogP contribution in [-0.2, 0) is 5.88 Å². The largest absolute Gasteiger partial charge is 0.497 e. The van der Waals surface area contributed by atoms with E-state index in [4.69, 9.17) is 21.1 Å². The van der Waals surface area contributed by atoms with Gasteiger partial charge >= 0.3 is 0 Å². The summed E-state index contributed by atoms with van der Waals surface area (Å²) in [5.41, 5.74) is 0.963. The molecule has 0 unspecified atom stereocenters. The van der Waals surface area contributed by atoms with Crippen molar-refractivity contribution in [1.29, 1.82) is 0 Å². The van der Waals surface area contributed by atoms with Crippen molar-refractivity contribution in [1.82, 2.24) is 4.98 Å². The average Bonchev–Trinajstić information content (AvgIpc) is 2.40. The summed E-state index contributed by atoms with van der Waals surface area (Å²) in [5.74, 6) is 2.43. The summed E-state index contributed by atoms with van der Waals surface area (Å²) in [6, 6.07) is 11.0. The molecule has 2 rings (SSSR count). The summed E-state index contributed by atoms with van der Waals surface area (Å²) in [4.78, 5) is 4.15. The van der Waals surface area contributed by atoms with Crippen LogP contribution in [0.25, 0.3) is 0 Å². The first-order valence-corrected chi connectivity index (χ1v) is 5.68. The molecule has 0 N–H and O–H groups in total. The van der Waals surface area contributed by atoms with E-state index in [9.17, 15) is 0 Å². The van der Waals surface area contributed by atoms with Gasteiger partial charge in [0.2, 0.25) is 5.88 Å². The molecule has 17 heavy (non-hydrogen) atoms. The third-order valence-corrected chi connectivity index (χ3v) is 2.52. The lowest BCUT2D eigenvalue weighted by molar-refractivity contribution is 0.407. The minimum absolute atomic E-state index is 0.451. The van der Waals surface area contributed by atoms with Crippen LogP contribution in [0.1, 0.15) is 5.56 Å². The first kappa shape index (κ1) is 11.7. The number of pyridine rings is 1. The number of benzene rings is 1. The van der Waals surface area contributed by atoms with E-state index in [-0.39, 0.29) is 0 Å². The number of hydrogen-bond acceptors (Lipinski definition) is 3. The molecule has 0 spiro atoms. The van der Waals surface area contributed by atoms with Crippen molar-refractivity contribution in [2.75, 3.05) is 7.11 Å². The first-order chi connectivity index (χ1) is 8.31. The van der Waals surface area contributed by atoms with Crippen LogP contribution >= 0.6 is 11.6 Å². The van der Waals surface area contributed by atoms with E-state index < -0.39 is 0 Å². The zero-order valence-electron chi connectivity index (χ0n) is 9.39. The summed E-state index contributed by atoms with van der Waals surface area (Å²) in [5, 5.41) is 0. The molecule has 0 fully saturated rings. The molecule has 3 nitrogen and oxygen atoms in total. The van der Waals surface area contributed by atoms with E-state index in [0.717, 1.165) is 11.3 Å². The molecule has 1 aromatic carbocycles. The Bertz CT molecular complexity index is 485. The molecular weight excluding hydrogens is 238 g/mol. The SMILES string of the molecule is COc1cccc(Oc2ccc(CCl)cn2)c1. The van der Waals surface area contributed by atoms with Crippen LogP contribution in [-0.4, -0.2) is 12.1 Å². The Morgan fingerprint density at radius 3 is 2.65 bits per heavy atom. The lowest BCUT2D eigenvalue weighted by Gasteiger charge is -2.06. The van der Waals surface area contributed by atoms with Crippen LogP contribution in [0, 0.1) is 0 Å². The Hall–Kier alpha value is -1.74. The van der Waals surface area contributed by atoms with Gasteiger partial charge < -0.3 is 9.47 Å². The molecule has 1 aromatic heterocycles. The summed E-state index contributed by atoms with van der Waals surface area (Å²) in [6.07, 6.45) is 1.70.